The van der Waals surface area contributed by atoms with Crippen molar-refractivity contribution in [2.24, 2.45) is 0 Å². The van der Waals surface area contributed by atoms with Gasteiger partial charge >= 0.3 is 0 Å². The number of pyridine rings is 1. The average Bonchev–Trinajstić information content (AvgIpc) is 2.78. The van der Waals surface area contributed by atoms with Gasteiger partial charge in [-0.25, -0.2) is 9.97 Å². The summed E-state index contributed by atoms with van der Waals surface area (Å²) in [4.78, 5) is 27.6. The van der Waals surface area contributed by atoms with Crippen LogP contribution in [0.1, 0.15) is 23.2 Å². The fourth-order valence-corrected chi connectivity index (χ4v) is 3.67. The fourth-order valence-electron chi connectivity index (χ4n) is 3.67. The first-order chi connectivity index (χ1) is 14.2. The molecule has 1 atom stereocenters. The molecule has 1 aromatic carbocycles. The Kier molecular flexibility index (Phi) is 5.41. The summed E-state index contributed by atoms with van der Waals surface area (Å²) >= 11 is 0. The predicted octanol–water partition coefficient (Wildman–Crippen LogP) is 2.44. The highest BCUT2D eigenvalue weighted by Gasteiger charge is 2.24. The molecule has 1 amide bonds. The summed E-state index contributed by atoms with van der Waals surface area (Å²) in [6.07, 6.45) is 6.66. The van der Waals surface area contributed by atoms with Crippen LogP contribution >= 0.6 is 0 Å². The molecule has 2 aromatic heterocycles. The summed E-state index contributed by atoms with van der Waals surface area (Å²) < 4.78 is 10.8. The zero-order valence-electron chi connectivity index (χ0n) is 16.5. The molecule has 0 radical (unpaired) electrons. The van der Waals surface area contributed by atoms with Crippen molar-refractivity contribution in [2.45, 2.75) is 18.9 Å². The van der Waals surface area contributed by atoms with Crippen molar-refractivity contribution in [1.29, 1.82) is 0 Å². The summed E-state index contributed by atoms with van der Waals surface area (Å²) in [5.41, 5.74) is 1.35. The number of benzene rings is 1. The predicted molar refractivity (Wildman–Crippen MR) is 110 cm³/mol. The highest BCUT2D eigenvalue weighted by atomic mass is 16.5. The van der Waals surface area contributed by atoms with E-state index in [1.807, 2.05) is 12.1 Å². The lowest BCUT2D eigenvalue weighted by atomic mass is 10.0. The third-order valence-electron chi connectivity index (χ3n) is 5.10. The van der Waals surface area contributed by atoms with Gasteiger partial charge in [0.1, 0.15) is 12.1 Å². The average molecular weight is 393 g/mol. The number of carbonyl (C=O) groups excluding carboxylic acids is 1. The third-order valence-corrected chi connectivity index (χ3v) is 5.10. The Hall–Kier alpha value is -3.42. The molecule has 3 aromatic rings. The summed E-state index contributed by atoms with van der Waals surface area (Å²) in [6, 6.07) is 7.31. The number of hydrogen-bond acceptors (Lipinski definition) is 7. The van der Waals surface area contributed by atoms with Gasteiger partial charge in [0.15, 0.2) is 11.5 Å². The number of hydrogen-bond donors (Lipinski definition) is 1. The molecule has 0 aliphatic carbocycles. The van der Waals surface area contributed by atoms with E-state index < -0.39 is 0 Å². The van der Waals surface area contributed by atoms with Gasteiger partial charge in [0.25, 0.3) is 5.91 Å². The van der Waals surface area contributed by atoms with Crippen molar-refractivity contribution in [3.63, 3.8) is 0 Å². The van der Waals surface area contributed by atoms with E-state index in [9.17, 15) is 4.79 Å². The number of carbonyl (C=O) groups is 1. The smallest absolute Gasteiger partial charge is 0.253 e. The van der Waals surface area contributed by atoms with Crippen LogP contribution in [0.3, 0.4) is 0 Å². The molecule has 1 aliphatic rings. The van der Waals surface area contributed by atoms with Crippen molar-refractivity contribution in [3.8, 4) is 11.5 Å². The molecule has 29 heavy (non-hydrogen) atoms. The molecule has 1 fully saturated rings. The summed E-state index contributed by atoms with van der Waals surface area (Å²) in [7, 11) is 3.21. The Balaban J connectivity index is 1.58. The number of nitrogens with zero attached hydrogens (tertiary/aromatic N) is 4. The van der Waals surface area contributed by atoms with E-state index in [2.05, 4.69) is 25.2 Å². The van der Waals surface area contributed by atoms with E-state index in [0.29, 0.717) is 23.6 Å². The Labute approximate surface area is 168 Å². The highest BCUT2D eigenvalue weighted by Crippen LogP contribution is 2.35. The lowest BCUT2D eigenvalue weighted by molar-refractivity contribution is 0.0932. The number of aromatic nitrogens is 3. The second-order valence-corrected chi connectivity index (χ2v) is 6.92. The van der Waals surface area contributed by atoms with Crippen LogP contribution in [-0.4, -0.2) is 54.2 Å². The van der Waals surface area contributed by atoms with Crippen LogP contribution < -0.4 is 19.7 Å². The Morgan fingerprint density at radius 1 is 1.21 bits per heavy atom. The lowest BCUT2D eigenvalue weighted by Crippen LogP contribution is -2.48. The molecule has 1 saturated heterocycles. The molecule has 3 heterocycles. The van der Waals surface area contributed by atoms with Gasteiger partial charge in [-0.1, -0.05) is 0 Å². The molecule has 150 valence electrons. The maximum absolute atomic E-state index is 12.5. The first-order valence-corrected chi connectivity index (χ1v) is 9.52. The molecular formula is C21H23N5O3. The molecule has 8 nitrogen and oxygen atoms in total. The molecule has 1 N–H and O–H groups in total. The van der Waals surface area contributed by atoms with Gasteiger partial charge in [-0.3, -0.25) is 9.78 Å². The number of amides is 1. The number of ether oxygens (including phenoxy) is 2. The van der Waals surface area contributed by atoms with Crippen LogP contribution in [-0.2, 0) is 0 Å². The quantitative estimate of drug-likeness (QED) is 0.712. The second kappa shape index (κ2) is 8.30. The van der Waals surface area contributed by atoms with Gasteiger partial charge in [0.05, 0.1) is 25.3 Å². The van der Waals surface area contributed by atoms with Crippen LogP contribution in [0, 0.1) is 0 Å². The topological polar surface area (TPSA) is 89.5 Å². The molecule has 8 heteroatoms. The monoisotopic (exact) mass is 393 g/mol. The minimum Gasteiger partial charge on any atom is -0.493 e. The maximum Gasteiger partial charge on any atom is 0.253 e. The summed E-state index contributed by atoms with van der Waals surface area (Å²) in [5, 5.41) is 4.01. The van der Waals surface area contributed by atoms with Gasteiger partial charge in [-0.15, -0.1) is 0 Å². The number of piperidine rings is 1. The van der Waals surface area contributed by atoms with E-state index >= 15 is 0 Å². The first kappa shape index (κ1) is 18.9. The number of anilines is 1. The Morgan fingerprint density at radius 3 is 2.79 bits per heavy atom. The van der Waals surface area contributed by atoms with Crippen LogP contribution in [0.5, 0.6) is 11.5 Å². The standard InChI is InChI=1S/C21H23N5O3/c1-28-18-9-16-17(10-19(18)29-2)23-13-24-20(16)26-8-4-6-15(12-26)25-21(27)14-5-3-7-22-11-14/h3,5,7,9-11,13,15H,4,6,8,12H2,1-2H3,(H,25,27). The number of fused-ring (bicyclic) bond motifs is 1. The van der Waals surface area contributed by atoms with Crippen LogP contribution in [0.2, 0.25) is 0 Å². The summed E-state index contributed by atoms with van der Waals surface area (Å²) in [6.45, 7) is 1.53. The normalized spacial score (nSPS) is 16.5. The molecule has 1 unspecified atom stereocenters. The van der Waals surface area contributed by atoms with Crippen LogP contribution in [0.4, 0.5) is 5.82 Å². The van der Waals surface area contributed by atoms with Gasteiger partial charge in [0, 0.05) is 43.0 Å². The zero-order chi connectivity index (χ0) is 20.2. The molecular weight excluding hydrogens is 370 g/mol. The molecule has 0 bridgehead atoms. The maximum atomic E-state index is 12.5. The Morgan fingerprint density at radius 2 is 2.03 bits per heavy atom. The SMILES string of the molecule is COc1cc2ncnc(N3CCCC(NC(=O)c4cccnc4)C3)c2cc1OC. The van der Waals surface area contributed by atoms with Crippen molar-refractivity contribution in [1.82, 2.24) is 20.3 Å². The van der Waals surface area contributed by atoms with Gasteiger partial charge in [0.2, 0.25) is 0 Å². The van der Waals surface area contributed by atoms with E-state index in [0.717, 1.165) is 36.1 Å². The van der Waals surface area contributed by atoms with Crippen molar-refractivity contribution in [3.05, 3.63) is 48.5 Å². The lowest BCUT2D eigenvalue weighted by Gasteiger charge is -2.34. The van der Waals surface area contributed by atoms with Crippen molar-refractivity contribution in [2.75, 3.05) is 32.2 Å². The number of methoxy groups -OCH3 is 2. The molecule has 4 rings (SSSR count). The van der Waals surface area contributed by atoms with Crippen molar-refractivity contribution >= 4 is 22.6 Å². The molecule has 0 spiro atoms. The van der Waals surface area contributed by atoms with Crippen molar-refractivity contribution < 1.29 is 14.3 Å². The zero-order valence-corrected chi connectivity index (χ0v) is 16.5. The van der Waals surface area contributed by atoms with Gasteiger partial charge in [-0.2, -0.15) is 0 Å². The van der Waals surface area contributed by atoms with Gasteiger partial charge < -0.3 is 19.7 Å². The Bertz CT molecular complexity index is 1010. The fraction of sp³-hybridized carbons (Fsp3) is 0.333. The van der Waals surface area contributed by atoms with E-state index in [1.54, 1.807) is 45.1 Å². The summed E-state index contributed by atoms with van der Waals surface area (Å²) in [5.74, 6) is 1.99. The highest BCUT2D eigenvalue weighted by molar-refractivity contribution is 5.94. The minimum atomic E-state index is -0.107. The van der Waals surface area contributed by atoms with Crippen LogP contribution in [0.25, 0.3) is 10.9 Å². The number of rotatable bonds is 5. The largest absolute Gasteiger partial charge is 0.493 e. The third kappa shape index (κ3) is 3.91. The first-order valence-electron chi connectivity index (χ1n) is 9.52. The number of nitrogens with one attached hydrogen (secondary N) is 1. The van der Waals surface area contributed by atoms with Crippen LogP contribution in [0.15, 0.2) is 43.0 Å². The van der Waals surface area contributed by atoms with E-state index in [-0.39, 0.29) is 11.9 Å². The minimum absolute atomic E-state index is 0.0293. The van der Waals surface area contributed by atoms with E-state index in [1.165, 1.54) is 0 Å². The van der Waals surface area contributed by atoms with Gasteiger partial charge in [-0.05, 0) is 31.0 Å². The second-order valence-electron chi connectivity index (χ2n) is 6.92. The van der Waals surface area contributed by atoms with E-state index in [4.69, 9.17) is 9.47 Å². The molecule has 1 aliphatic heterocycles. The molecule has 0 saturated carbocycles.